The first-order valence-corrected chi connectivity index (χ1v) is 6.96. The Morgan fingerprint density at radius 3 is 2.65 bits per heavy atom. The lowest BCUT2D eigenvalue weighted by molar-refractivity contribution is 0.101. The monoisotopic (exact) mass is 266 g/mol. The van der Waals surface area contributed by atoms with Crippen molar-refractivity contribution in [2.75, 3.05) is 0 Å². The Kier molecular flexibility index (Phi) is 3.09. The predicted molar refractivity (Wildman–Crippen MR) is 79.4 cm³/mol. The number of Topliss-reactive ketones (excluding diaryl/α,β-unsaturated/α-hetero) is 1. The van der Waals surface area contributed by atoms with E-state index in [2.05, 4.69) is 6.07 Å². The Hall–Kier alpha value is -2.09. The zero-order chi connectivity index (χ0) is 14.3. The van der Waals surface area contributed by atoms with E-state index in [1.807, 2.05) is 37.3 Å². The number of hydrogen-bond donors (Lipinski definition) is 1. The molecule has 0 aromatic heterocycles. The number of ketones is 1. The maximum absolute atomic E-state index is 11.5. The molecule has 1 aliphatic rings. The molecule has 0 unspecified atom stereocenters. The molecule has 1 saturated carbocycles. The normalized spacial score (nSPS) is 20.7. The lowest BCUT2D eigenvalue weighted by atomic mass is 9.99. The minimum Gasteiger partial charge on any atom is -0.508 e. The quantitative estimate of drug-likeness (QED) is 0.846. The molecule has 1 N–H and O–H groups in total. The summed E-state index contributed by atoms with van der Waals surface area (Å²) in [6, 6.07) is 13.5. The standard InChI is InChI=1S/C18H18O2/c1-11-8-15(20)6-7-16(11)18-10-17(18)14-5-3-4-13(9-14)12(2)19/h3-9,17-18,20H,10H2,1-2H3/t17-,18-/m1/s1. The number of rotatable bonds is 3. The SMILES string of the molecule is CC(=O)c1cccc([C@H]2C[C@@H]2c2ccc(O)cc2C)c1. The summed E-state index contributed by atoms with van der Waals surface area (Å²) in [6.45, 7) is 3.64. The molecule has 0 radical (unpaired) electrons. The highest BCUT2D eigenvalue weighted by molar-refractivity contribution is 5.94. The van der Waals surface area contributed by atoms with Gasteiger partial charge < -0.3 is 5.11 Å². The number of carbonyl (C=O) groups excluding carboxylic acids is 1. The van der Waals surface area contributed by atoms with Crippen molar-refractivity contribution in [2.45, 2.75) is 32.1 Å². The molecule has 0 aliphatic heterocycles. The van der Waals surface area contributed by atoms with Crippen LogP contribution in [0.15, 0.2) is 42.5 Å². The number of aromatic hydroxyl groups is 1. The topological polar surface area (TPSA) is 37.3 Å². The zero-order valence-electron chi connectivity index (χ0n) is 11.8. The lowest BCUT2D eigenvalue weighted by Gasteiger charge is -2.07. The van der Waals surface area contributed by atoms with E-state index in [4.69, 9.17) is 0 Å². The first-order valence-electron chi connectivity index (χ1n) is 6.96. The molecule has 2 heteroatoms. The third-order valence-electron chi connectivity index (χ3n) is 4.16. The van der Waals surface area contributed by atoms with Gasteiger partial charge in [0.2, 0.25) is 0 Å². The van der Waals surface area contributed by atoms with Crippen LogP contribution in [0.5, 0.6) is 5.75 Å². The number of carbonyl (C=O) groups is 1. The van der Waals surface area contributed by atoms with Crippen LogP contribution in [-0.2, 0) is 0 Å². The van der Waals surface area contributed by atoms with E-state index in [0.717, 1.165) is 17.5 Å². The van der Waals surface area contributed by atoms with Crippen LogP contribution in [0.3, 0.4) is 0 Å². The van der Waals surface area contributed by atoms with Crippen molar-refractivity contribution < 1.29 is 9.90 Å². The van der Waals surface area contributed by atoms with Crippen LogP contribution < -0.4 is 0 Å². The van der Waals surface area contributed by atoms with E-state index in [1.54, 1.807) is 13.0 Å². The number of phenolic OH excluding ortho intramolecular Hbond substituents is 1. The third kappa shape index (κ3) is 2.34. The summed E-state index contributed by atoms with van der Waals surface area (Å²) in [5, 5.41) is 9.48. The second-order valence-electron chi connectivity index (χ2n) is 5.67. The van der Waals surface area contributed by atoms with Crippen molar-refractivity contribution in [3.8, 4) is 5.75 Å². The summed E-state index contributed by atoms with van der Waals surface area (Å²) in [7, 11) is 0. The number of aryl methyl sites for hydroxylation is 1. The molecule has 3 rings (SSSR count). The van der Waals surface area contributed by atoms with Gasteiger partial charge in [-0.1, -0.05) is 24.3 Å². The Bertz CT molecular complexity index is 673. The van der Waals surface area contributed by atoms with Gasteiger partial charge in [0.25, 0.3) is 0 Å². The van der Waals surface area contributed by atoms with Gasteiger partial charge in [-0.3, -0.25) is 4.79 Å². The van der Waals surface area contributed by atoms with E-state index in [1.165, 1.54) is 11.1 Å². The van der Waals surface area contributed by atoms with E-state index in [0.29, 0.717) is 17.6 Å². The molecule has 2 aromatic rings. The van der Waals surface area contributed by atoms with Gasteiger partial charge in [0.15, 0.2) is 5.78 Å². The summed E-state index contributed by atoms with van der Waals surface area (Å²) in [5.41, 5.74) is 4.48. The number of hydrogen-bond acceptors (Lipinski definition) is 2. The van der Waals surface area contributed by atoms with Crippen LogP contribution in [0.25, 0.3) is 0 Å². The lowest BCUT2D eigenvalue weighted by Crippen LogP contribution is -1.94. The Morgan fingerprint density at radius 2 is 1.95 bits per heavy atom. The molecule has 2 aromatic carbocycles. The minimum absolute atomic E-state index is 0.116. The average molecular weight is 266 g/mol. The van der Waals surface area contributed by atoms with E-state index >= 15 is 0 Å². The van der Waals surface area contributed by atoms with Crippen LogP contribution in [0.2, 0.25) is 0 Å². The molecule has 20 heavy (non-hydrogen) atoms. The molecule has 1 aliphatic carbocycles. The fourth-order valence-electron chi connectivity index (χ4n) is 2.97. The van der Waals surface area contributed by atoms with Gasteiger partial charge in [-0.25, -0.2) is 0 Å². The van der Waals surface area contributed by atoms with E-state index < -0.39 is 0 Å². The van der Waals surface area contributed by atoms with Crippen LogP contribution in [-0.4, -0.2) is 10.9 Å². The smallest absolute Gasteiger partial charge is 0.159 e. The molecule has 0 amide bonds. The average Bonchev–Trinajstić information content (AvgIpc) is 3.19. The first-order chi connectivity index (χ1) is 9.56. The number of benzene rings is 2. The second-order valence-corrected chi connectivity index (χ2v) is 5.67. The molecule has 0 spiro atoms. The Labute approximate surface area is 119 Å². The maximum Gasteiger partial charge on any atom is 0.159 e. The predicted octanol–water partition coefficient (Wildman–Crippen LogP) is 4.17. The molecule has 2 nitrogen and oxygen atoms in total. The second kappa shape index (κ2) is 4.78. The summed E-state index contributed by atoms with van der Waals surface area (Å²) in [4.78, 5) is 11.5. The van der Waals surface area contributed by atoms with Gasteiger partial charge in [-0.2, -0.15) is 0 Å². The van der Waals surface area contributed by atoms with Gasteiger partial charge in [-0.15, -0.1) is 0 Å². The fourth-order valence-corrected chi connectivity index (χ4v) is 2.97. The van der Waals surface area contributed by atoms with Crippen molar-refractivity contribution in [1.29, 1.82) is 0 Å². The molecule has 2 atom stereocenters. The van der Waals surface area contributed by atoms with Crippen LogP contribution >= 0.6 is 0 Å². The van der Waals surface area contributed by atoms with Gasteiger partial charge in [0.05, 0.1) is 0 Å². The molecule has 0 heterocycles. The fraction of sp³-hybridized carbons (Fsp3) is 0.278. The summed E-state index contributed by atoms with van der Waals surface area (Å²) in [6.07, 6.45) is 1.12. The number of phenols is 1. The third-order valence-corrected chi connectivity index (χ3v) is 4.16. The summed E-state index contributed by atoms with van der Waals surface area (Å²) >= 11 is 0. The van der Waals surface area contributed by atoms with Gasteiger partial charge in [0.1, 0.15) is 5.75 Å². The zero-order valence-corrected chi connectivity index (χ0v) is 11.8. The molecule has 102 valence electrons. The van der Waals surface area contributed by atoms with Crippen molar-refractivity contribution >= 4 is 5.78 Å². The van der Waals surface area contributed by atoms with Crippen LogP contribution in [0.4, 0.5) is 0 Å². The highest BCUT2D eigenvalue weighted by Crippen LogP contribution is 2.55. The molecule has 0 bridgehead atoms. The van der Waals surface area contributed by atoms with Crippen LogP contribution in [0.1, 0.15) is 52.2 Å². The van der Waals surface area contributed by atoms with Gasteiger partial charge in [0, 0.05) is 5.56 Å². The van der Waals surface area contributed by atoms with Crippen LogP contribution in [0, 0.1) is 6.92 Å². The highest BCUT2D eigenvalue weighted by atomic mass is 16.3. The van der Waals surface area contributed by atoms with Crippen molar-refractivity contribution in [3.63, 3.8) is 0 Å². The largest absolute Gasteiger partial charge is 0.508 e. The Morgan fingerprint density at radius 1 is 1.15 bits per heavy atom. The van der Waals surface area contributed by atoms with E-state index in [-0.39, 0.29) is 5.78 Å². The van der Waals surface area contributed by atoms with E-state index in [9.17, 15) is 9.90 Å². The molecular formula is C18H18O2. The molecule has 1 fully saturated rings. The van der Waals surface area contributed by atoms with Crippen molar-refractivity contribution in [2.24, 2.45) is 0 Å². The molecule has 0 saturated heterocycles. The Balaban J connectivity index is 1.85. The maximum atomic E-state index is 11.5. The minimum atomic E-state index is 0.116. The molecular weight excluding hydrogens is 248 g/mol. The van der Waals surface area contributed by atoms with Crippen molar-refractivity contribution in [1.82, 2.24) is 0 Å². The summed E-state index contributed by atoms with van der Waals surface area (Å²) < 4.78 is 0. The van der Waals surface area contributed by atoms with Crippen molar-refractivity contribution in [3.05, 3.63) is 64.7 Å². The van der Waals surface area contributed by atoms with Gasteiger partial charge in [-0.05, 0) is 67.0 Å². The first kappa shape index (κ1) is 12.9. The highest BCUT2D eigenvalue weighted by Gasteiger charge is 2.40. The summed E-state index contributed by atoms with van der Waals surface area (Å²) in [5.74, 6) is 1.45. The van der Waals surface area contributed by atoms with Gasteiger partial charge >= 0.3 is 0 Å².